The Balaban J connectivity index is 2.60. The molecule has 0 spiro atoms. The van der Waals surface area contributed by atoms with Crippen LogP contribution in [0.5, 0.6) is 0 Å². The van der Waals surface area contributed by atoms with Gasteiger partial charge in [0.1, 0.15) is 0 Å². The molecule has 0 heterocycles. The van der Waals surface area contributed by atoms with Gasteiger partial charge in [-0.1, -0.05) is 13.8 Å². The van der Waals surface area contributed by atoms with Gasteiger partial charge in [0.25, 0.3) is 0 Å². The Bertz CT molecular complexity index is 213. The predicted octanol–water partition coefficient (Wildman–Crippen LogP) is 2.64. The molecule has 0 radical (unpaired) electrons. The highest BCUT2D eigenvalue weighted by molar-refractivity contribution is 4.95. The summed E-state index contributed by atoms with van der Waals surface area (Å²) in [5.74, 6) is 0.875. The van der Waals surface area contributed by atoms with E-state index in [4.69, 9.17) is 10.5 Å². The summed E-state index contributed by atoms with van der Waals surface area (Å²) in [6.45, 7) is 11.3. The van der Waals surface area contributed by atoms with Crippen molar-refractivity contribution in [2.45, 2.75) is 58.4 Å². The Morgan fingerprint density at radius 1 is 1.22 bits per heavy atom. The maximum absolute atomic E-state index is 6.14. The monoisotopic (exact) mass is 256 g/mol. The predicted molar refractivity (Wildman–Crippen MR) is 77.8 cm³/mol. The van der Waals surface area contributed by atoms with Crippen molar-refractivity contribution in [1.82, 2.24) is 4.90 Å². The van der Waals surface area contributed by atoms with Crippen LogP contribution >= 0.6 is 0 Å². The SMILES string of the molecule is CCCN(CCOCC)C1(CN)CCC(C)CC1. The number of hydrogen-bond donors (Lipinski definition) is 1. The lowest BCUT2D eigenvalue weighted by atomic mass is 9.76. The van der Waals surface area contributed by atoms with E-state index in [0.717, 1.165) is 38.8 Å². The molecule has 0 aromatic heterocycles. The second-order valence-electron chi connectivity index (χ2n) is 5.79. The first-order valence-electron chi connectivity index (χ1n) is 7.71. The summed E-state index contributed by atoms with van der Waals surface area (Å²) >= 11 is 0. The van der Waals surface area contributed by atoms with E-state index in [2.05, 4.69) is 25.7 Å². The maximum Gasteiger partial charge on any atom is 0.0593 e. The second-order valence-corrected chi connectivity index (χ2v) is 5.79. The summed E-state index contributed by atoms with van der Waals surface area (Å²) in [7, 11) is 0. The topological polar surface area (TPSA) is 38.5 Å². The van der Waals surface area contributed by atoms with Crippen LogP contribution in [0.3, 0.4) is 0 Å². The van der Waals surface area contributed by atoms with E-state index in [-0.39, 0.29) is 5.54 Å². The van der Waals surface area contributed by atoms with E-state index in [9.17, 15) is 0 Å². The second kappa shape index (κ2) is 8.13. The van der Waals surface area contributed by atoms with Gasteiger partial charge in [-0.3, -0.25) is 4.90 Å². The zero-order valence-corrected chi connectivity index (χ0v) is 12.6. The number of rotatable bonds is 8. The first-order valence-corrected chi connectivity index (χ1v) is 7.71. The molecule has 1 rings (SSSR count). The lowest BCUT2D eigenvalue weighted by molar-refractivity contribution is 0.0176. The van der Waals surface area contributed by atoms with Gasteiger partial charge in [0, 0.05) is 25.2 Å². The minimum Gasteiger partial charge on any atom is -0.380 e. The fraction of sp³-hybridized carbons (Fsp3) is 1.00. The molecule has 2 N–H and O–H groups in total. The Kier molecular flexibility index (Phi) is 7.20. The molecule has 1 aliphatic carbocycles. The summed E-state index contributed by atoms with van der Waals surface area (Å²) in [6.07, 6.45) is 6.37. The highest BCUT2D eigenvalue weighted by atomic mass is 16.5. The summed E-state index contributed by atoms with van der Waals surface area (Å²) < 4.78 is 5.53. The standard InChI is InChI=1S/C15H32N2O/c1-4-10-17(11-12-18-5-2)15(13-16)8-6-14(3)7-9-15/h14H,4-13,16H2,1-3H3. The minimum atomic E-state index is 0.250. The van der Waals surface area contributed by atoms with Crippen molar-refractivity contribution in [2.24, 2.45) is 11.7 Å². The maximum atomic E-state index is 6.14. The Morgan fingerprint density at radius 3 is 2.39 bits per heavy atom. The van der Waals surface area contributed by atoms with E-state index in [1.807, 2.05) is 0 Å². The molecule has 1 fully saturated rings. The van der Waals surface area contributed by atoms with Crippen molar-refractivity contribution in [3.05, 3.63) is 0 Å². The zero-order chi connectivity index (χ0) is 13.4. The fourth-order valence-electron chi connectivity index (χ4n) is 3.12. The molecule has 0 unspecified atom stereocenters. The van der Waals surface area contributed by atoms with Gasteiger partial charge in [-0.2, -0.15) is 0 Å². The number of ether oxygens (including phenoxy) is 1. The first-order chi connectivity index (χ1) is 8.68. The summed E-state index contributed by atoms with van der Waals surface area (Å²) in [6, 6.07) is 0. The Labute approximate surface area is 113 Å². The third-order valence-corrected chi connectivity index (χ3v) is 4.46. The highest BCUT2D eigenvalue weighted by Gasteiger charge is 2.37. The normalized spacial score (nSPS) is 28.8. The minimum absolute atomic E-state index is 0.250. The molecule has 108 valence electrons. The van der Waals surface area contributed by atoms with Gasteiger partial charge in [-0.15, -0.1) is 0 Å². The van der Waals surface area contributed by atoms with Crippen molar-refractivity contribution in [2.75, 3.05) is 32.8 Å². The molecule has 0 saturated heterocycles. The fourth-order valence-corrected chi connectivity index (χ4v) is 3.12. The average molecular weight is 256 g/mol. The Hall–Kier alpha value is -0.120. The summed E-state index contributed by atoms with van der Waals surface area (Å²) in [4.78, 5) is 2.61. The van der Waals surface area contributed by atoms with Crippen LogP contribution in [0.25, 0.3) is 0 Å². The van der Waals surface area contributed by atoms with Crippen molar-refractivity contribution in [3.63, 3.8) is 0 Å². The molecule has 3 nitrogen and oxygen atoms in total. The molecule has 0 aliphatic heterocycles. The molecule has 0 aromatic carbocycles. The van der Waals surface area contributed by atoms with E-state index in [1.165, 1.54) is 32.1 Å². The molecule has 0 amide bonds. The van der Waals surface area contributed by atoms with Gasteiger partial charge in [0.05, 0.1) is 6.61 Å². The van der Waals surface area contributed by atoms with Crippen molar-refractivity contribution in [1.29, 1.82) is 0 Å². The molecule has 0 aromatic rings. The summed E-state index contributed by atoms with van der Waals surface area (Å²) in [5, 5.41) is 0. The van der Waals surface area contributed by atoms with Crippen LogP contribution in [0.1, 0.15) is 52.9 Å². The number of nitrogens with zero attached hydrogens (tertiary/aromatic N) is 1. The van der Waals surface area contributed by atoms with Gasteiger partial charge >= 0.3 is 0 Å². The van der Waals surface area contributed by atoms with Crippen molar-refractivity contribution < 1.29 is 4.74 Å². The van der Waals surface area contributed by atoms with Gasteiger partial charge in [-0.05, 0) is 51.5 Å². The van der Waals surface area contributed by atoms with Gasteiger partial charge in [-0.25, -0.2) is 0 Å². The third kappa shape index (κ3) is 4.22. The third-order valence-electron chi connectivity index (χ3n) is 4.46. The summed E-state index contributed by atoms with van der Waals surface area (Å²) in [5.41, 5.74) is 6.39. The largest absolute Gasteiger partial charge is 0.380 e. The highest BCUT2D eigenvalue weighted by Crippen LogP contribution is 2.35. The lowest BCUT2D eigenvalue weighted by Crippen LogP contribution is -2.56. The Morgan fingerprint density at radius 2 is 1.89 bits per heavy atom. The van der Waals surface area contributed by atoms with Crippen LogP contribution in [0.4, 0.5) is 0 Å². The van der Waals surface area contributed by atoms with Crippen molar-refractivity contribution in [3.8, 4) is 0 Å². The molecule has 1 aliphatic rings. The average Bonchev–Trinajstić information content (AvgIpc) is 2.39. The smallest absolute Gasteiger partial charge is 0.0593 e. The van der Waals surface area contributed by atoms with E-state index in [0.29, 0.717) is 0 Å². The molecule has 0 bridgehead atoms. The quantitative estimate of drug-likeness (QED) is 0.679. The lowest BCUT2D eigenvalue weighted by Gasteiger charge is -2.47. The molecular formula is C15H32N2O. The van der Waals surface area contributed by atoms with Gasteiger partial charge in [0.15, 0.2) is 0 Å². The van der Waals surface area contributed by atoms with Crippen LogP contribution in [-0.2, 0) is 4.74 Å². The van der Waals surface area contributed by atoms with Crippen LogP contribution in [0.2, 0.25) is 0 Å². The zero-order valence-electron chi connectivity index (χ0n) is 12.6. The van der Waals surface area contributed by atoms with Gasteiger partial charge < -0.3 is 10.5 Å². The van der Waals surface area contributed by atoms with Crippen LogP contribution in [0.15, 0.2) is 0 Å². The number of nitrogens with two attached hydrogens (primary N) is 1. The number of hydrogen-bond acceptors (Lipinski definition) is 3. The van der Waals surface area contributed by atoms with E-state index >= 15 is 0 Å². The van der Waals surface area contributed by atoms with Crippen LogP contribution in [0, 0.1) is 5.92 Å². The van der Waals surface area contributed by atoms with E-state index < -0.39 is 0 Å². The molecule has 3 heteroatoms. The molecule has 18 heavy (non-hydrogen) atoms. The molecule has 0 atom stereocenters. The van der Waals surface area contributed by atoms with Crippen molar-refractivity contribution >= 4 is 0 Å². The van der Waals surface area contributed by atoms with Gasteiger partial charge in [0.2, 0.25) is 0 Å². The first kappa shape index (κ1) is 15.9. The molecule has 1 saturated carbocycles. The van der Waals surface area contributed by atoms with Crippen LogP contribution in [-0.4, -0.2) is 43.3 Å². The van der Waals surface area contributed by atoms with Crippen LogP contribution < -0.4 is 5.73 Å². The molecular weight excluding hydrogens is 224 g/mol. The van der Waals surface area contributed by atoms with E-state index in [1.54, 1.807) is 0 Å².